The average molecular weight is 690 g/mol. The standard InChI is InChI=1S/C52H35NO/c1-4-13-36(14-5-1)39-25-29-44(30-26-39)53(45-31-27-40(28-32-45)37-15-6-2-7-16-37)49-22-12-21-48-50-46(43-24-23-38-17-10-11-20-42(38)35-43)33-34-47(52(50)54-51(48)49)41-18-8-3-9-19-41/h1-35H. The second-order valence-electron chi connectivity index (χ2n) is 13.7. The van der Waals surface area contributed by atoms with Gasteiger partial charge in [0.05, 0.1) is 5.69 Å². The van der Waals surface area contributed by atoms with Crippen LogP contribution < -0.4 is 4.90 Å². The lowest BCUT2D eigenvalue weighted by Gasteiger charge is -2.26. The maximum atomic E-state index is 7.19. The fourth-order valence-corrected chi connectivity index (χ4v) is 7.80. The van der Waals surface area contributed by atoms with Crippen molar-refractivity contribution in [1.82, 2.24) is 0 Å². The van der Waals surface area contributed by atoms with Crippen molar-refractivity contribution in [3.05, 3.63) is 212 Å². The van der Waals surface area contributed by atoms with E-state index in [4.69, 9.17) is 4.42 Å². The van der Waals surface area contributed by atoms with Gasteiger partial charge < -0.3 is 9.32 Å². The number of para-hydroxylation sites is 1. The minimum atomic E-state index is 0.845. The van der Waals surface area contributed by atoms with Gasteiger partial charge in [-0.3, -0.25) is 0 Å². The molecule has 0 bridgehead atoms. The van der Waals surface area contributed by atoms with Crippen LogP contribution in [0.25, 0.3) is 77.2 Å². The molecule has 254 valence electrons. The number of fused-ring (bicyclic) bond motifs is 4. The molecule has 10 rings (SSSR count). The molecule has 1 heterocycles. The first-order valence-electron chi connectivity index (χ1n) is 18.4. The van der Waals surface area contributed by atoms with Crippen LogP contribution in [0.2, 0.25) is 0 Å². The summed E-state index contributed by atoms with van der Waals surface area (Å²) in [6.45, 7) is 0. The van der Waals surface area contributed by atoms with Gasteiger partial charge in [-0.25, -0.2) is 0 Å². The van der Waals surface area contributed by atoms with Gasteiger partial charge in [0, 0.05) is 27.7 Å². The lowest BCUT2D eigenvalue weighted by molar-refractivity contribution is 0.670. The Morgan fingerprint density at radius 3 is 1.43 bits per heavy atom. The molecule has 54 heavy (non-hydrogen) atoms. The number of rotatable bonds is 7. The molecule has 0 spiro atoms. The molecule has 1 aromatic heterocycles. The van der Waals surface area contributed by atoms with Crippen LogP contribution in [-0.2, 0) is 0 Å². The molecular formula is C52H35NO. The smallest absolute Gasteiger partial charge is 0.159 e. The Balaban J connectivity index is 1.20. The van der Waals surface area contributed by atoms with E-state index in [0.29, 0.717) is 0 Å². The fraction of sp³-hybridized carbons (Fsp3) is 0. The second kappa shape index (κ2) is 13.4. The fourth-order valence-electron chi connectivity index (χ4n) is 7.80. The van der Waals surface area contributed by atoms with Gasteiger partial charge >= 0.3 is 0 Å². The van der Waals surface area contributed by atoms with E-state index in [9.17, 15) is 0 Å². The molecule has 10 aromatic rings. The molecular weight excluding hydrogens is 655 g/mol. The first kappa shape index (κ1) is 31.6. The summed E-state index contributed by atoms with van der Waals surface area (Å²) in [5.74, 6) is 0. The molecule has 2 heteroatoms. The largest absolute Gasteiger partial charge is 0.453 e. The molecule has 0 saturated heterocycles. The van der Waals surface area contributed by atoms with Crippen molar-refractivity contribution in [3.8, 4) is 44.5 Å². The highest BCUT2D eigenvalue weighted by atomic mass is 16.3. The van der Waals surface area contributed by atoms with E-state index >= 15 is 0 Å². The Bertz CT molecular complexity index is 2810. The van der Waals surface area contributed by atoms with E-state index in [1.165, 1.54) is 33.0 Å². The molecule has 0 saturated carbocycles. The van der Waals surface area contributed by atoms with Crippen LogP contribution in [0.3, 0.4) is 0 Å². The summed E-state index contributed by atoms with van der Waals surface area (Å²) in [5.41, 5.74) is 14.0. The van der Waals surface area contributed by atoms with Crippen LogP contribution in [0, 0.1) is 0 Å². The first-order valence-corrected chi connectivity index (χ1v) is 18.4. The van der Waals surface area contributed by atoms with Crippen molar-refractivity contribution in [2.45, 2.75) is 0 Å². The van der Waals surface area contributed by atoms with Gasteiger partial charge in [0.1, 0.15) is 5.58 Å². The summed E-state index contributed by atoms with van der Waals surface area (Å²) >= 11 is 0. The molecule has 9 aromatic carbocycles. The third-order valence-electron chi connectivity index (χ3n) is 10.5. The van der Waals surface area contributed by atoms with Crippen molar-refractivity contribution in [1.29, 1.82) is 0 Å². The van der Waals surface area contributed by atoms with E-state index in [0.717, 1.165) is 61.3 Å². The Labute approximate surface area is 314 Å². The predicted octanol–water partition coefficient (Wildman–Crippen LogP) is 14.9. The van der Waals surface area contributed by atoms with Gasteiger partial charge in [-0.05, 0) is 92.2 Å². The lowest BCUT2D eigenvalue weighted by atomic mass is 9.93. The van der Waals surface area contributed by atoms with E-state index in [1.54, 1.807) is 0 Å². The average Bonchev–Trinajstić information content (AvgIpc) is 3.65. The number of anilines is 3. The summed E-state index contributed by atoms with van der Waals surface area (Å²) in [6.07, 6.45) is 0. The molecule has 0 radical (unpaired) electrons. The van der Waals surface area contributed by atoms with Crippen molar-refractivity contribution in [3.63, 3.8) is 0 Å². The van der Waals surface area contributed by atoms with Gasteiger partial charge in [0.15, 0.2) is 5.58 Å². The Hall–Kier alpha value is -7.16. The summed E-state index contributed by atoms with van der Waals surface area (Å²) < 4.78 is 7.19. The summed E-state index contributed by atoms with van der Waals surface area (Å²) in [4.78, 5) is 2.33. The quantitative estimate of drug-likeness (QED) is 0.166. The third-order valence-corrected chi connectivity index (χ3v) is 10.5. The normalized spacial score (nSPS) is 11.3. The number of furan rings is 1. The van der Waals surface area contributed by atoms with E-state index in [-0.39, 0.29) is 0 Å². The van der Waals surface area contributed by atoms with Crippen molar-refractivity contribution in [2.24, 2.45) is 0 Å². The van der Waals surface area contributed by atoms with Gasteiger partial charge in [-0.2, -0.15) is 0 Å². The molecule has 0 amide bonds. The maximum Gasteiger partial charge on any atom is 0.159 e. The lowest BCUT2D eigenvalue weighted by Crippen LogP contribution is -2.10. The minimum Gasteiger partial charge on any atom is -0.453 e. The molecule has 0 unspecified atom stereocenters. The van der Waals surface area contributed by atoms with Crippen LogP contribution >= 0.6 is 0 Å². The molecule has 0 N–H and O–H groups in total. The zero-order valence-corrected chi connectivity index (χ0v) is 29.6. The van der Waals surface area contributed by atoms with E-state index in [1.807, 2.05) is 0 Å². The highest BCUT2D eigenvalue weighted by molar-refractivity contribution is 6.19. The molecule has 0 fully saturated rings. The molecule has 2 nitrogen and oxygen atoms in total. The highest BCUT2D eigenvalue weighted by Gasteiger charge is 2.23. The van der Waals surface area contributed by atoms with E-state index in [2.05, 4.69) is 217 Å². The van der Waals surface area contributed by atoms with Gasteiger partial charge in [-0.1, -0.05) is 170 Å². The number of benzene rings is 9. The van der Waals surface area contributed by atoms with Crippen LogP contribution in [0.1, 0.15) is 0 Å². The number of hydrogen-bond donors (Lipinski definition) is 0. The monoisotopic (exact) mass is 689 g/mol. The first-order chi connectivity index (χ1) is 26.8. The molecule has 0 aliphatic heterocycles. The zero-order valence-electron chi connectivity index (χ0n) is 29.6. The van der Waals surface area contributed by atoms with Crippen LogP contribution in [0.4, 0.5) is 17.1 Å². The Kier molecular flexibility index (Phi) is 7.85. The zero-order chi connectivity index (χ0) is 35.8. The number of nitrogens with zero attached hydrogens (tertiary/aromatic N) is 1. The van der Waals surface area contributed by atoms with Crippen LogP contribution in [-0.4, -0.2) is 0 Å². The maximum absolute atomic E-state index is 7.19. The van der Waals surface area contributed by atoms with Gasteiger partial charge in [0.25, 0.3) is 0 Å². The molecule has 0 aliphatic carbocycles. The number of hydrogen-bond acceptors (Lipinski definition) is 2. The summed E-state index contributed by atoms with van der Waals surface area (Å²) in [5, 5.41) is 4.63. The van der Waals surface area contributed by atoms with Crippen molar-refractivity contribution >= 4 is 49.8 Å². The second-order valence-corrected chi connectivity index (χ2v) is 13.7. The Morgan fingerprint density at radius 2 is 0.815 bits per heavy atom. The van der Waals surface area contributed by atoms with Crippen LogP contribution in [0.5, 0.6) is 0 Å². The topological polar surface area (TPSA) is 16.4 Å². The summed E-state index contributed by atoms with van der Waals surface area (Å²) in [6, 6.07) is 75.6. The van der Waals surface area contributed by atoms with E-state index < -0.39 is 0 Å². The van der Waals surface area contributed by atoms with Crippen molar-refractivity contribution < 1.29 is 4.42 Å². The van der Waals surface area contributed by atoms with Gasteiger partial charge in [0.2, 0.25) is 0 Å². The molecule has 0 aliphatic rings. The SMILES string of the molecule is c1ccc(-c2ccc(N(c3ccc(-c4ccccc4)cc3)c3cccc4c3oc3c(-c5ccccc5)ccc(-c5ccc6ccccc6c5)c34)cc2)cc1. The Morgan fingerprint density at radius 1 is 0.315 bits per heavy atom. The van der Waals surface area contributed by atoms with Crippen LogP contribution in [0.15, 0.2) is 217 Å². The molecule has 0 atom stereocenters. The minimum absolute atomic E-state index is 0.845. The highest BCUT2D eigenvalue weighted by Crippen LogP contribution is 2.47. The van der Waals surface area contributed by atoms with Gasteiger partial charge in [-0.15, -0.1) is 0 Å². The predicted molar refractivity (Wildman–Crippen MR) is 228 cm³/mol. The summed E-state index contributed by atoms with van der Waals surface area (Å²) in [7, 11) is 0. The third kappa shape index (κ3) is 5.62. The van der Waals surface area contributed by atoms with Crippen molar-refractivity contribution in [2.75, 3.05) is 4.90 Å².